The van der Waals surface area contributed by atoms with Crippen LogP contribution >= 0.6 is 0 Å². The van der Waals surface area contributed by atoms with E-state index in [1.807, 2.05) is 55.1 Å². The van der Waals surface area contributed by atoms with Gasteiger partial charge in [-0.05, 0) is 42.7 Å². The van der Waals surface area contributed by atoms with Crippen LogP contribution in [0.5, 0.6) is 0 Å². The number of nitrogens with one attached hydrogen (secondary N) is 1. The van der Waals surface area contributed by atoms with Gasteiger partial charge in [0.05, 0.1) is 6.54 Å². The molecule has 3 rings (SSSR count). The summed E-state index contributed by atoms with van der Waals surface area (Å²) in [4.78, 5) is 29.2. The first kappa shape index (κ1) is 22.2. The molecule has 2 aromatic rings. The maximum Gasteiger partial charge on any atom is 0.253 e. The van der Waals surface area contributed by atoms with Crippen LogP contribution in [0, 0.1) is 13.8 Å². The van der Waals surface area contributed by atoms with Crippen LogP contribution in [-0.2, 0) is 21.3 Å². The van der Waals surface area contributed by atoms with Crippen LogP contribution in [0.1, 0.15) is 27.0 Å². The van der Waals surface area contributed by atoms with E-state index in [1.165, 1.54) is 0 Å². The molecule has 1 fully saturated rings. The molecule has 0 bridgehead atoms. The minimum absolute atomic E-state index is 0.0154. The van der Waals surface area contributed by atoms with Gasteiger partial charge in [0.25, 0.3) is 5.91 Å². The van der Waals surface area contributed by atoms with E-state index in [0.717, 1.165) is 22.4 Å². The number of rotatable bonds is 6. The Morgan fingerprint density at radius 3 is 2.27 bits per heavy atom. The molecule has 0 aliphatic carbocycles. The molecule has 1 saturated heterocycles. The Hall–Kier alpha value is -2.51. The van der Waals surface area contributed by atoms with Gasteiger partial charge in [-0.2, -0.15) is 0 Å². The number of hydrogen-bond acceptors (Lipinski definition) is 4. The van der Waals surface area contributed by atoms with Gasteiger partial charge in [0.1, 0.15) is 0 Å². The Labute approximate surface area is 180 Å². The first-order valence-electron chi connectivity index (χ1n) is 10.1. The fourth-order valence-electron chi connectivity index (χ4n) is 3.71. The monoisotopic (exact) mass is 427 g/mol. The van der Waals surface area contributed by atoms with E-state index in [9.17, 15) is 13.8 Å². The summed E-state index contributed by atoms with van der Waals surface area (Å²) in [5.74, 6) is 0.399. The second-order valence-electron chi connectivity index (χ2n) is 7.80. The number of para-hydroxylation sites is 1. The zero-order valence-electron chi connectivity index (χ0n) is 17.8. The Kier molecular flexibility index (Phi) is 7.39. The molecule has 1 aliphatic heterocycles. The van der Waals surface area contributed by atoms with Gasteiger partial charge in [0.15, 0.2) is 0 Å². The summed E-state index contributed by atoms with van der Waals surface area (Å²) in [5, 5.41) is 3.02. The van der Waals surface area contributed by atoms with Gasteiger partial charge in [-0.15, -0.1) is 0 Å². The lowest BCUT2D eigenvalue weighted by Gasteiger charge is -2.34. The lowest BCUT2D eigenvalue weighted by atomic mass is 10.1. The molecule has 2 aromatic carbocycles. The van der Waals surface area contributed by atoms with Crippen LogP contribution in [0.3, 0.4) is 0 Å². The molecule has 6 nitrogen and oxygen atoms in total. The predicted molar refractivity (Wildman–Crippen MR) is 121 cm³/mol. The second kappa shape index (κ2) is 10.00. The van der Waals surface area contributed by atoms with Gasteiger partial charge in [-0.25, -0.2) is 0 Å². The molecule has 0 spiro atoms. The van der Waals surface area contributed by atoms with Crippen LogP contribution in [-0.4, -0.2) is 64.8 Å². The summed E-state index contributed by atoms with van der Waals surface area (Å²) < 4.78 is 11.5. The Morgan fingerprint density at radius 1 is 1.00 bits per heavy atom. The number of amides is 2. The van der Waals surface area contributed by atoms with Crippen LogP contribution in [0.4, 0.5) is 5.69 Å². The summed E-state index contributed by atoms with van der Waals surface area (Å²) >= 11 is 0. The number of piperazine rings is 1. The molecule has 0 saturated carbocycles. The van der Waals surface area contributed by atoms with Gasteiger partial charge in [-0.3, -0.25) is 18.7 Å². The number of carbonyl (C=O) groups excluding carboxylic acids is 2. The highest BCUT2D eigenvalue weighted by Crippen LogP contribution is 2.19. The number of nitrogens with zero attached hydrogens (tertiary/aromatic N) is 2. The van der Waals surface area contributed by atoms with Gasteiger partial charge in [0, 0.05) is 60.2 Å². The maximum atomic E-state index is 12.8. The predicted octanol–water partition coefficient (Wildman–Crippen LogP) is 2.58. The zero-order valence-corrected chi connectivity index (χ0v) is 18.6. The molecule has 160 valence electrons. The van der Waals surface area contributed by atoms with Gasteiger partial charge in [-0.1, -0.05) is 30.3 Å². The van der Waals surface area contributed by atoms with E-state index in [0.29, 0.717) is 44.0 Å². The first-order chi connectivity index (χ1) is 14.3. The highest BCUT2D eigenvalue weighted by molar-refractivity contribution is 7.83. The average molecular weight is 428 g/mol. The maximum absolute atomic E-state index is 12.8. The standard InChI is InChI=1S/C23H29N3O3S/c1-17-6-4-7-18(2)22(17)24-21(27)15-25-10-12-26(13-11-25)23(28)20-9-5-8-19(14-20)16-30(3)29/h4-9,14H,10-13,15-16H2,1-3H3,(H,24,27). The molecular weight excluding hydrogens is 398 g/mol. The quantitative estimate of drug-likeness (QED) is 0.769. The third-order valence-electron chi connectivity index (χ3n) is 5.32. The third-order valence-corrected chi connectivity index (χ3v) is 6.06. The van der Waals surface area contributed by atoms with Gasteiger partial charge < -0.3 is 10.2 Å². The highest BCUT2D eigenvalue weighted by Gasteiger charge is 2.23. The third kappa shape index (κ3) is 5.77. The summed E-state index contributed by atoms with van der Waals surface area (Å²) in [6.07, 6.45) is 1.66. The van der Waals surface area contributed by atoms with E-state index in [4.69, 9.17) is 0 Å². The van der Waals surface area contributed by atoms with Crippen molar-refractivity contribution < 1.29 is 13.8 Å². The van der Waals surface area contributed by atoms with E-state index in [1.54, 1.807) is 12.3 Å². The summed E-state index contributed by atoms with van der Waals surface area (Å²) in [6, 6.07) is 13.3. The minimum atomic E-state index is -0.941. The van der Waals surface area contributed by atoms with E-state index in [-0.39, 0.29) is 11.8 Å². The first-order valence-corrected chi connectivity index (χ1v) is 11.8. The topological polar surface area (TPSA) is 69.7 Å². The summed E-state index contributed by atoms with van der Waals surface area (Å²) in [7, 11) is -0.941. The zero-order chi connectivity index (χ0) is 21.7. The molecule has 30 heavy (non-hydrogen) atoms. The van der Waals surface area contributed by atoms with Crippen molar-refractivity contribution in [2.45, 2.75) is 19.6 Å². The summed E-state index contributed by atoms with van der Waals surface area (Å²) in [6.45, 7) is 6.77. The summed E-state index contributed by atoms with van der Waals surface area (Å²) in [5.41, 5.74) is 4.51. The van der Waals surface area contributed by atoms with Crippen molar-refractivity contribution in [2.75, 3.05) is 44.3 Å². The molecule has 1 atom stereocenters. The lowest BCUT2D eigenvalue weighted by Crippen LogP contribution is -2.50. The van der Waals surface area contributed by atoms with Crippen molar-refractivity contribution in [3.8, 4) is 0 Å². The Morgan fingerprint density at radius 2 is 1.63 bits per heavy atom. The van der Waals surface area contributed by atoms with E-state index < -0.39 is 10.8 Å². The largest absolute Gasteiger partial charge is 0.336 e. The van der Waals surface area contributed by atoms with Gasteiger partial charge >= 0.3 is 0 Å². The molecule has 0 aromatic heterocycles. The van der Waals surface area contributed by atoms with Crippen molar-refractivity contribution in [3.63, 3.8) is 0 Å². The molecule has 0 radical (unpaired) electrons. The molecule has 1 N–H and O–H groups in total. The van der Waals surface area contributed by atoms with Crippen molar-refractivity contribution in [2.24, 2.45) is 0 Å². The van der Waals surface area contributed by atoms with Gasteiger partial charge in [0.2, 0.25) is 5.91 Å². The fraction of sp³-hybridized carbons (Fsp3) is 0.391. The Balaban J connectivity index is 1.53. The number of hydrogen-bond donors (Lipinski definition) is 1. The van der Waals surface area contributed by atoms with Crippen LogP contribution < -0.4 is 5.32 Å². The second-order valence-corrected chi connectivity index (χ2v) is 9.24. The van der Waals surface area contributed by atoms with Crippen molar-refractivity contribution in [1.29, 1.82) is 0 Å². The van der Waals surface area contributed by atoms with Crippen LogP contribution in [0.25, 0.3) is 0 Å². The normalized spacial score (nSPS) is 15.6. The van der Waals surface area contributed by atoms with E-state index >= 15 is 0 Å². The lowest BCUT2D eigenvalue weighted by molar-refractivity contribution is -0.117. The fourth-order valence-corrected chi connectivity index (χ4v) is 4.36. The van der Waals surface area contributed by atoms with Crippen molar-refractivity contribution in [1.82, 2.24) is 9.80 Å². The molecule has 1 heterocycles. The Bertz CT molecular complexity index is 932. The van der Waals surface area contributed by atoms with Crippen molar-refractivity contribution >= 4 is 28.3 Å². The number of anilines is 1. The molecule has 2 amide bonds. The molecular formula is C23H29N3O3S. The number of aryl methyl sites for hydroxylation is 2. The van der Waals surface area contributed by atoms with Crippen molar-refractivity contribution in [3.05, 3.63) is 64.7 Å². The minimum Gasteiger partial charge on any atom is -0.336 e. The molecule has 1 aliphatic rings. The molecule has 1 unspecified atom stereocenters. The smallest absolute Gasteiger partial charge is 0.253 e. The highest BCUT2D eigenvalue weighted by atomic mass is 32.2. The van der Waals surface area contributed by atoms with Crippen LogP contribution in [0.2, 0.25) is 0 Å². The SMILES string of the molecule is Cc1cccc(C)c1NC(=O)CN1CCN(C(=O)c2cccc(CS(C)=O)c2)CC1. The van der Waals surface area contributed by atoms with E-state index in [2.05, 4.69) is 10.2 Å². The number of carbonyl (C=O) groups is 2. The molecule has 7 heteroatoms. The average Bonchev–Trinajstić information content (AvgIpc) is 2.70. The van der Waals surface area contributed by atoms with Crippen LogP contribution in [0.15, 0.2) is 42.5 Å². The number of benzene rings is 2.